The average molecular weight is 283 g/mol. The van der Waals surface area contributed by atoms with E-state index in [-0.39, 0.29) is 11.7 Å². The highest BCUT2D eigenvalue weighted by Crippen LogP contribution is 2.32. The Labute approximate surface area is 113 Å². The van der Waals surface area contributed by atoms with Crippen LogP contribution in [0, 0.1) is 0 Å². The van der Waals surface area contributed by atoms with E-state index in [0.29, 0.717) is 5.69 Å². The third-order valence-corrected chi connectivity index (χ3v) is 2.59. The maximum absolute atomic E-state index is 12.6. The normalized spacial score (nSPS) is 13.0. The topological polar surface area (TPSA) is 61.0 Å². The Bertz CT molecular complexity index is 601. The van der Waals surface area contributed by atoms with E-state index in [1.807, 2.05) is 0 Å². The van der Waals surface area contributed by atoms with Gasteiger partial charge in [0, 0.05) is 6.20 Å². The van der Waals surface area contributed by atoms with Gasteiger partial charge >= 0.3 is 6.18 Å². The Balaban J connectivity index is 2.18. The molecule has 0 aliphatic heterocycles. The molecule has 2 rings (SSSR count). The van der Waals surface area contributed by atoms with Crippen LogP contribution in [0.15, 0.2) is 36.5 Å². The zero-order valence-electron chi connectivity index (χ0n) is 10.6. The summed E-state index contributed by atoms with van der Waals surface area (Å²) in [7, 11) is 0. The van der Waals surface area contributed by atoms with Crippen molar-refractivity contribution in [1.29, 1.82) is 0 Å². The van der Waals surface area contributed by atoms with Gasteiger partial charge in [-0.15, -0.1) is 0 Å². The summed E-state index contributed by atoms with van der Waals surface area (Å²) in [5, 5.41) is 0. The SMILES string of the molecule is C[C@H](Oc1cccc(C(F)(F)F)c1)c1ccnc(N)n1. The zero-order valence-corrected chi connectivity index (χ0v) is 10.6. The number of nitrogens with two attached hydrogens (primary N) is 1. The molecule has 0 saturated heterocycles. The molecule has 2 aromatic rings. The summed E-state index contributed by atoms with van der Waals surface area (Å²) in [5.41, 5.74) is 5.18. The van der Waals surface area contributed by atoms with Crippen LogP contribution in [0.4, 0.5) is 19.1 Å². The first-order valence-corrected chi connectivity index (χ1v) is 5.78. The lowest BCUT2D eigenvalue weighted by atomic mass is 10.2. The monoisotopic (exact) mass is 283 g/mol. The van der Waals surface area contributed by atoms with E-state index in [2.05, 4.69) is 9.97 Å². The van der Waals surface area contributed by atoms with Gasteiger partial charge in [-0.3, -0.25) is 0 Å². The van der Waals surface area contributed by atoms with Crippen LogP contribution in [0.2, 0.25) is 0 Å². The van der Waals surface area contributed by atoms with E-state index in [1.54, 1.807) is 13.0 Å². The second-order valence-corrected chi connectivity index (χ2v) is 4.13. The first-order valence-electron chi connectivity index (χ1n) is 5.78. The van der Waals surface area contributed by atoms with Gasteiger partial charge in [-0.2, -0.15) is 13.2 Å². The van der Waals surface area contributed by atoms with Crippen molar-refractivity contribution in [3.63, 3.8) is 0 Å². The molecule has 1 aromatic carbocycles. The Morgan fingerprint density at radius 3 is 2.65 bits per heavy atom. The Kier molecular flexibility index (Phi) is 3.78. The van der Waals surface area contributed by atoms with Gasteiger partial charge in [-0.25, -0.2) is 9.97 Å². The molecule has 0 spiro atoms. The molecule has 0 bridgehead atoms. The maximum atomic E-state index is 12.6. The molecule has 2 N–H and O–H groups in total. The van der Waals surface area contributed by atoms with E-state index in [4.69, 9.17) is 10.5 Å². The van der Waals surface area contributed by atoms with Crippen molar-refractivity contribution in [3.8, 4) is 5.75 Å². The van der Waals surface area contributed by atoms with E-state index in [9.17, 15) is 13.2 Å². The second kappa shape index (κ2) is 5.36. The minimum Gasteiger partial charge on any atom is -0.484 e. The van der Waals surface area contributed by atoms with E-state index in [1.165, 1.54) is 18.3 Å². The number of benzene rings is 1. The molecule has 20 heavy (non-hydrogen) atoms. The van der Waals surface area contributed by atoms with Crippen molar-refractivity contribution in [2.45, 2.75) is 19.2 Å². The highest BCUT2D eigenvalue weighted by molar-refractivity contribution is 5.31. The van der Waals surface area contributed by atoms with Crippen LogP contribution in [0.1, 0.15) is 24.3 Å². The van der Waals surface area contributed by atoms with E-state index < -0.39 is 17.8 Å². The molecule has 0 amide bonds. The smallest absolute Gasteiger partial charge is 0.416 e. The standard InChI is InChI=1S/C13H12F3N3O/c1-8(11-5-6-18-12(17)19-11)20-10-4-2-3-9(7-10)13(14,15)16/h2-8H,1H3,(H2,17,18,19)/t8-/m0/s1. The summed E-state index contributed by atoms with van der Waals surface area (Å²) >= 11 is 0. The highest BCUT2D eigenvalue weighted by atomic mass is 19.4. The van der Waals surface area contributed by atoms with Crippen molar-refractivity contribution in [1.82, 2.24) is 9.97 Å². The fraction of sp³-hybridized carbons (Fsp3) is 0.231. The molecule has 106 valence electrons. The maximum Gasteiger partial charge on any atom is 0.416 e. The summed E-state index contributed by atoms with van der Waals surface area (Å²) < 4.78 is 43.2. The van der Waals surface area contributed by atoms with Gasteiger partial charge in [0.05, 0.1) is 11.3 Å². The van der Waals surface area contributed by atoms with Gasteiger partial charge in [-0.1, -0.05) is 6.07 Å². The highest BCUT2D eigenvalue weighted by Gasteiger charge is 2.30. The minimum atomic E-state index is -4.40. The fourth-order valence-corrected chi connectivity index (χ4v) is 1.63. The quantitative estimate of drug-likeness (QED) is 0.939. The van der Waals surface area contributed by atoms with Gasteiger partial charge in [-0.05, 0) is 31.2 Å². The predicted molar refractivity (Wildman–Crippen MR) is 66.9 cm³/mol. The molecule has 7 heteroatoms. The molecule has 0 radical (unpaired) electrons. The lowest BCUT2D eigenvalue weighted by Crippen LogP contribution is -2.09. The molecule has 4 nitrogen and oxygen atoms in total. The van der Waals surface area contributed by atoms with Crippen molar-refractivity contribution < 1.29 is 17.9 Å². The number of alkyl halides is 3. The Morgan fingerprint density at radius 2 is 2.00 bits per heavy atom. The Morgan fingerprint density at radius 1 is 1.25 bits per heavy atom. The van der Waals surface area contributed by atoms with Crippen LogP contribution in [0.3, 0.4) is 0 Å². The van der Waals surface area contributed by atoms with Gasteiger partial charge in [0.1, 0.15) is 11.9 Å². The number of hydrogen-bond donors (Lipinski definition) is 1. The first kappa shape index (κ1) is 14.1. The molecule has 1 aromatic heterocycles. The predicted octanol–water partition coefficient (Wildman–Crippen LogP) is 3.22. The van der Waals surface area contributed by atoms with Crippen LogP contribution in [-0.4, -0.2) is 9.97 Å². The Hall–Kier alpha value is -2.31. The van der Waals surface area contributed by atoms with Crippen LogP contribution in [0.25, 0.3) is 0 Å². The van der Waals surface area contributed by atoms with Crippen molar-refractivity contribution in [3.05, 3.63) is 47.8 Å². The average Bonchev–Trinajstić information content (AvgIpc) is 2.38. The molecule has 0 fully saturated rings. The van der Waals surface area contributed by atoms with Gasteiger partial charge in [0.2, 0.25) is 5.95 Å². The fourth-order valence-electron chi connectivity index (χ4n) is 1.63. The summed E-state index contributed by atoms with van der Waals surface area (Å²) in [6.07, 6.45) is -3.48. The molecule has 1 heterocycles. The first-order chi connectivity index (χ1) is 9.36. The zero-order chi connectivity index (χ0) is 14.8. The van der Waals surface area contributed by atoms with Crippen molar-refractivity contribution in [2.75, 3.05) is 5.73 Å². The minimum absolute atomic E-state index is 0.0852. The van der Waals surface area contributed by atoms with Crippen LogP contribution >= 0.6 is 0 Å². The van der Waals surface area contributed by atoms with Crippen LogP contribution in [-0.2, 0) is 6.18 Å². The van der Waals surface area contributed by atoms with Crippen molar-refractivity contribution in [2.24, 2.45) is 0 Å². The molecular weight excluding hydrogens is 271 g/mol. The number of nitrogen functional groups attached to an aromatic ring is 1. The number of ether oxygens (including phenoxy) is 1. The third-order valence-electron chi connectivity index (χ3n) is 2.59. The number of nitrogens with zero attached hydrogens (tertiary/aromatic N) is 2. The largest absolute Gasteiger partial charge is 0.484 e. The number of anilines is 1. The summed E-state index contributed by atoms with van der Waals surface area (Å²) in [6.45, 7) is 1.67. The summed E-state index contributed by atoms with van der Waals surface area (Å²) in [4.78, 5) is 7.70. The molecule has 0 aliphatic carbocycles. The van der Waals surface area contributed by atoms with Gasteiger partial charge < -0.3 is 10.5 Å². The van der Waals surface area contributed by atoms with Crippen LogP contribution < -0.4 is 10.5 Å². The number of rotatable bonds is 3. The molecular formula is C13H12F3N3O. The van der Waals surface area contributed by atoms with E-state index in [0.717, 1.165) is 12.1 Å². The van der Waals surface area contributed by atoms with E-state index >= 15 is 0 Å². The number of hydrogen-bond acceptors (Lipinski definition) is 4. The molecule has 0 saturated carbocycles. The lowest BCUT2D eigenvalue weighted by molar-refractivity contribution is -0.137. The summed E-state index contributed by atoms with van der Waals surface area (Å²) in [6, 6.07) is 6.27. The van der Waals surface area contributed by atoms with Gasteiger partial charge in [0.25, 0.3) is 0 Å². The molecule has 1 atom stereocenters. The number of halogens is 3. The van der Waals surface area contributed by atoms with Crippen molar-refractivity contribution >= 4 is 5.95 Å². The second-order valence-electron chi connectivity index (χ2n) is 4.13. The molecule has 0 aliphatic rings. The number of aromatic nitrogens is 2. The summed E-state index contributed by atoms with van der Waals surface area (Å²) in [5.74, 6) is 0.200. The van der Waals surface area contributed by atoms with Crippen LogP contribution in [0.5, 0.6) is 5.75 Å². The van der Waals surface area contributed by atoms with Gasteiger partial charge in [0.15, 0.2) is 0 Å². The lowest BCUT2D eigenvalue weighted by Gasteiger charge is -2.15. The third kappa shape index (κ3) is 3.37. The molecule has 0 unspecified atom stereocenters.